The maximum atomic E-state index is 5.17. The Kier molecular flexibility index (Phi) is 8.38. The van der Waals surface area contributed by atoms with Crippen LogP contribution in [0.3, 0.4) is 0 Å². The smallest absolute Gasteiger partial charge is 0.165 e. The molecule has 0 amide bonds. The molecule has 0 unspecified atom stereocenters. The van der Waals surface area contributed by atoms with E-state index in [1.165, 1.54) is 65.0 Å². The van der Waals surface area contributed by atoms with Gasteiger partial charge in [-0.15, -0.1) is 0 Å². The zero-order valence-electron chi connectivity index (χ0n) is 32.7. The van der Waals surface area contributed by atoms with E-state index in [-0.39, 0.29) is 5.41 Å². The molecule has 0 saturated carbocycles. The highest BCUT2D eigenvalue weighted by atomic mass is 32.2. The van der Waals surface area contributed by atoms with Crippen LogP contribution in [-0.4, -0.2) is 19.5 Å². The minimum Gasteiger partial charge on any atom is -0.309 e. The molecule has 1 aliphatic rings. The largest absolute Gasteiger partial charge is 0.309 e. The van der Waals surface area contributed by atoms with Crippen LogP contribution in [0.4, 0.5) is 0 Å². The van der Waals surface area contributed by atoms with Gasteiger partial charge < -0.3 is 4.57 Å². The maximum absolute atomic E-state index is 5.17. The van der Waals surface area contributed by atoms with Crippen molar-refractivity contribution in [1.29, 1.82) is 0 Å². The normalized spacial score (nSPS) is 13.0. The van der Waals surface area contributed by atoms with Crippen LogP contribution in [0.1, 0.15) is 25.0 Å². The Morgan fingerprint density at radius 3 is 1.42 bits per heavy atom. The van der Waals surface area contributed by atoms with E-state index in [1.807, 2.05) is 48.2 Å². The van der Waals surface area contributed by atoms with Crippen molar-refractivity contribution in [2.75, 3.05) is 0 Å². The summed E-state index contributed by atoms with van der Waals surface area (Å²) < 4.78 is 2.40. The molecular formula is C54H38N4S. The molecule has 0 N–H and O–H groups in total. The molecule has 0 fully saturated rings. The van der Waals surface area contributed by atoms with Gasteiger partial charge in [-0.1, -0.05) is 183 Å². The van der Waals surface area contributed by atoms with Crippen molar-refractivity contribution in [3.05, 3.63) is 205 Å². The first-order valence-corrected chi connectivity index (χ1v) is 20.8. The minimum absolute atomic E-state index is 0.280. The fourth-order valence-electron chi connectivity index (χ4n) is 8.71. The van der Waals surface area contributed by atoms with Crippen molar-refractivity contribution >= 4 is 33.6 Å². The highest BCUT2D eigenvalue weighted by Gasteiger charge is 2.36. The van der Waals surface area contributed by atoms with Gasteiger partial charge in [-0.3, -0.25) is 0 Å². The highest BCUT2D eigenvalue weighted by molar-refractivity contribution is 7.99. The van der Waals surface area contributed by atoms with Crippen LogP contribution in [-0.2, 0) is 5.41 Å². The molecule has 1 aliphatic heterocycles. The Balaban J connectivity index is 1.09. The van der Waals surface area contributed by atoms with Crippen LogP contribution in [0.2, 0.25) is 0 Å². The Labute approximate surface area is 347 Å². The van der Waals surface area contributed by atoms with E-state index >= 15 is 0 Å². The van der Waals surface area contributed by atoms with Crippen LogP contribution in [0.5, 0.6) is 0 Å². The van der Waals surface area contributed by atoms with E-state index < -0.39 is 0 Å². The van der Waals surface area contributed by atoms with Gasteiger partial charge in [-0.05, 0) is 69.8 Å². The van der Waals surface area contributed by atoms with Gasteiger partial charge in [0.05, 0.1) is 11.0 Å². The summed E-state index contributed by atoms with van der Waals surface area (Å²) in [5.41, 5.74) is 13.6. The number of fused-ring (bicyclic) bond motifs is 5. The van der Waals surface area contributed by atoms with Gasteiger partial charge in [-0.2, -0.15) is 0 Å². The Hall–Kier alpha value is -7.08. The summed E-state index contributed by atoms with van der Waals surface area (Å²) in [6.45, 7) is 4.69. The van der Waals surface area contributed by atoms with Crippen molar-refractivity contribution in [3.63, 3.8) is 0 Å². The van der Waals surface area contributed by atoms with E-state index in [1.54, 1.807) is 0 Å². The van der Waals surface area contributed by atoms with E-state index in [0.717, 1.165) is 22.4 Å². The standard InChI is InChI=1S/C54H38N4S/c1-54(2)45-27-15-25-41(39-30-32-48-44(34-39)43-33-38(35-17-7-3-8-18-35)29-31-47(43)58(48)40-23-13-6-14-24-40)49(45)59-50-42(26-16-28-46(50)54)53-56-51(36-19-9-4-10-20-36)55-52(57-53)37-21-11-5-12-22-37/h3-34H,1-2H3. The monoisotopic (exact) mass is 774 g/mol. The molecule has 59 heavy (non-hydrogen) atoms. The number of aromatic nitrogens is 4. The van der Waals surface area contributed by atoms with E-state index in [2.05, 4.69) is 176 Å². The fraction of sp³-hybridized carbons (Fsp3) is 0.0556. The predicted molar refractivity (Wildman–Crippen MR) is 244 cm³/mol. The Morgan fingerprint density at radius 1 is 0.390 bits per heavy atom. The van der Waals surface area contributed by atoms with Crippen molar-refractivity contribution in [2.24, 2.45) is 0 Å². The molecule has 280 valence electrons. The van der Waals surface area contributed by atoms with Crippen molar-refractivity contribution < 1.29 is 0 Å². The number of para-hydroxylation sites is 1. The van der Waals surface area contributed by atoms with Crippen LogP contribution >= 0.6 is 11.8 Å². The molecule has 0 bridgehead atoms. The van der Waals surface area contributed by atoms with E-state index in [4.69, 9.17) is 15.0 Å². The van der Waals surface area contributed by atoms with Gasteiger partial charge in [0.2, 0.25) is 0 Å². The van der Waals surface area contributed by atoms with Crippen LogP contribution < -0.4 is 0 Å². The maximum Gasteiger partial charge on any atom is 0.165 e. The van der Waals surface area contributed by atoms with E-state index in [9.17, 15) is 0 Å². The summed E-state index contributed by atoms with van der Waals surface area (Å²) in [6.07, 6.45) is 0. The van der Waals surface area contributed by atoms with E-state index in [0.29, 0.717) is 17.5 Å². The molecule has 11 rings (SSSR count). The zero-order valence-corrected chi connectivity index (χ0v) is 33.5. The Bertz CT molecular complexity index is 3140. The number of hydrogen-bond donors (Lipinski definition) is 0. The summed E-state index contributed by atoms with van der Waals surface area (Å²) in [6, 6.07) is 69.0. The first kappa shape index (κ1) is 35.1. The summed E-state index contributed by atoms with van der Waals surface area (Å²) in [5, 5.41) is 2.46. The molecule has 3 heterocycles. The first-order chi connectivity index (χ1) is 29.0. The number of rotatable bonds is 6. The number of benzene rings is 8. The molecule has 0 spiro atoms. The van der Waals surface area contributed by atoms with Gasteiger partial charge in [0.1, 0.15) is 0 Å². The summed E-state index contributed by atoms with van der Waals surface area (Å²) >= 11 is 1.84. The zero-order chi connectivity index (χ0) is 39.5. The van der Waals surface area contributed by atoms with Crippen molar-refractivity contribution in [3.8, 4) is 62.1 Å². The molecular weight excluding hydrogens is 737 g/mol. The van der Waals surface area contributed by atoms with Gasteiger partial charge >= 0.3 is 0 Å². The van der Waals surface area contributed by atoms with Gasteiger partial charge in [0, 0.05) is 48.4 Å². The Morgan fingerprint density at radius 2 is 0.847 bits per heavy atom. The average Bonchev–Trinajstić information content (AvgIpc) is 3.63. The van der Waals surface area contributed by atoms with Crippen LogP contribution in [0.25, 0.3) is 83.9 Å². The molecule has 4 nitrogen and oxygen atoms in total. The second-order valence-electron chi connectivity index (χ2n) is 15.6. The molecule has 0 saturated heterocycles. The molecule has 0 aliphatic carbocycles. The van der Waals surface area contributed by atoms with Crippen LogP contribution in [0.15, 0.2) is 204 Å². The lowest BCUT2D eigenvalue weighted by molar-refractivity contribution is 0.608. The molecule has 0 radical (unpaired) electrons. The lowest BCUT2D eigenvalue weighted by Gasteiger charge is -2.36. The average molecular weight is 775 g/mol. The lowest BCUT2D eigenvalue weighted by atomic mass is 9.76. The quantitative estimate of drug-likeness (QED) is 0.169. The number of hydrogen-bond acceptors (Lipinski definition) is 4. The van der Waals surface area contributed by atoms with Crippen molar-refractivity contribution in [2.45, 2.75) is 29.1 Å². The highest BCUT2D eigenvalue weighted by Crippen LogP contribution is 2.55. The SMILES string of the molecule is CC1(C)c2cccc(-c3ccc4c(c3)c3cc(-c5ccccc5)ccc3n4-c3ccccc3)c2Sc2c(-c3nc(-c4ccccc4)nc(-c4ccccc4)n3)cccc21. The molecule has 8 aromatic carbocycles. The summed E-state index contributed by atoms with van der Waals surface area (Å²) in [7, 11) is 0. The number of nitrogens with zero attached hydrogens (tertiary/aromatic N) is 4. The third kappa shape index (κ3) is 5.97. The second-order valence-corrected chi connectivity index (χ2v) is 16.7. The fourth-order valence-corrected chi connectivity index (χ4v) is 10.3. The van der Waals surface area contributed by atoms with Gasteiger partial charge in [0.15, 0.2) is 17.5 Å². The molecule has 0 atom stereocenters. The summed E-state index contributed by atoms with van der Waals surface area (Å²) in [5.74, 6) is 1.99. The topological polar surface area (TPSA) is 43.6 Å². The summed E-state index contributed by atoms with van der Waals surface area (Å²) in [4.78, 5) is 17.8. The molecule has 5 heteroatoms. The van der Waals surface area contributed by atoms with Crippen molar-refractivity contribution in [1.82, 2.24) is 19.5 Å². The molecule has 2 aromatic heterocycles. The lowest BCUT2D eigenvalue weighted by Crippen LogP contribution is -2.24. The first-order valence-electron chi connectivity index (χ1n) is 20.0. The van der Waals surface area contributed by atoms with Gasteiger partial charge in [0.25, 0.3) is 0 Å². The second kappa shape index (κ2) is 14.1. The third-order valence-corrected chi connectivity index (χ3v) is 13.0. The third-order valence-electron chi connectivity index (χ3n) is 11.7. The van der Waals surface area contributed by atoms with Gasteiger partial charge in [-0.25, -0.2) is 15.0 Å². The van der Waals surface area contributed by atoms with Crippen LogP contribution in [0, 0.1) is 0 Å². The molecule has 10 aromatic rings. The predicted octanol–water partition coefficient (Wildman–Crippen LogP) is 14.1. The minimum atomic E-state index is -0.280.